The van der Waals surface area contributed by atoms with E-state index in [-0.39, 0.29) is 64.0 Å². The summed E-state index contributed by atoms with van der Waals surface area (Å²) in [6.07, 6.45) is 0. The van der Waals surface area contributed by atoms with Gasteiger partial charge in [-0.3, -0.25) is 0 Å². The first-order valence-electron chi connectivity index (χ1n) is 21.2. The second-order valence-corrected chi connectivity index (χ2v) is 14.5. The Morgan fingerprint density at radius 2 is 0.911 bits per heavy atom. The highest BCUT2D eigenvalue weighted by atomic mass is 32.1. The molecular formula is C51H31N3OS. The van der Waals surface area contributed by atoms with Crippen molar-refractivity contribution in [2.75, 3.05) is 0 Å². The van der Waals surface area contributed by atoms with Gasteiger partial charge < -0.3 is 4.42 Å². The smallest absolute Gasteiger partial charge is 0.164 e. The molecule has 8 aromatic carbocycles. The van der Waals surface area contributed by atoms with Gasteiger partial charge in [-0.1, -0.05) is 158 Å². The molecule has 11 rings (SSSR count). The summed E-state index contributed by atoms with van der Waals surface area (Å²) in [4.78, 5) is 14.7. The number of aromatic nitrogens is 3. The summed E-state index contributed by atoms with van der Waals surface area (Å²) in [5.74, 6) is 0.736. The number of hydrogen-bond acceptors (Lipinski definition) is 5. The van der Waals surface area contributed by atoms with Crippen LogP contribution in [0.25, 0.3) is 110 Å². The standard InChI is InChI=1S/C51H31N3OS/c1-3-10-32(11-4-1)34-18-22-36(23-19-34)49-52-50(37-24-20-35(21-25-37)33-12-5-2-6-13-33)54-51(53-49)39-26-28-41-43-30-38(27-29-46(43)56-47(41)31-39)40-15-9-17-45-48(40)42-14-7-8-16-44(42)55-45/h1-31H/i26D,27D,28D,29D,30D,31D. The fourth-order valence-corrected chi connectivity index (χ4v) is 8.22. The van der Waals surface area contributed by atoms with E-state index in [0.717, 1.165) is 44.4 Å². The van der Waals surface area contributed by atoms with Crippen molar-refractivity contribution >= 4 is 53.4 Å². The molecule has 0 aliphatic rings. The van der Waals surface area contributed by atoms with Gasteiger partial charge in [-0.2, -0.15) is 0 Å². The summed E-state index contributed by atoms with van der Waals surface area (Å²) in [5, 5.41) is 2.03. The number of rotatable bonds is 6. The molecule has 0 amide bonds. The molecule has 0 saturated heterocycles. The molecule has 56 heavy (non-hydrogen) atoms. The summed E-state index contributed by atoms with van der Waals surface area (Å²) in [6.45, 7) is 0. The third-order valence-electron chi connectivity index (χ3n) is 10.0. The molecule has 0 unspecified atom stereocenters. The third-order valence-corrected chi connectivity index (χ3v) is 11.1. The van der Waals surface area contributed by atoms with Gasteiger partial charge >= 0.3 is 0 Å². The molecule has 3 heterocycles. The lowest BCUT2D eigenvalue weighted by Gasteiger charge is -2.10. The molecule has 11 aromatic rings. The van der Waals surface area contributed by atoms with Crippen molar-refractivity contribution in [3.63, 3.8) is 0 Å². The Bertz CT molecular complexity index is 3470. The first kappa shape index (κ1) is 26.5. The number of hydrogen-bond donors (Lipinski definition) is 0. The van der Waals surface area contributed by atoms with Crippen molar-refractivity contribution < 1.29 is 12.6 Å². The fourth-order valence-electron chi connectivity index (χ4n) is 7.25. The van der Waals surface area contributed by atoms with E-state index in [1.807, 2.05) is 146 Å². The van der Waals surface area contributed by atoms with E-state index in [1.165, 1.54) is 0 Å². The van der Waals surface area contributed by atoms with Crippen molar-refractivity contribution in [1.82, 2.24) is 15.0 Å². The summed E-state index contributed by atoms with van der Waals surface area (Å²) in [7, 11) is 0. The molecule has 0 fully saturated rings. The first-order valence-corrected chi connectivity index (χ1v) is 19.0. The van der Waals surface area contributed by atoms with Crippen LogP contribution in [0.5, 0.6) is 0 Å². The average molecular weight is 740 g/mol. The van der Waals surface area contributed by atoms with E-state index in [4.69, 9.17) is 19.4 Å². The van der Waals surface area contributed by atoms with Crippen molar-refractivity contribution in [1.29, 1.82) is 0 Å². The number of benzene rings is 8. The lowest BCUT2D eigenvalue weighted by Crippen LogP contribution is -2.00. The maximum absolute atomic E-state index is 9.66. The molecule has 0 aliphatic carbocycles. The van der Waals surface area contributed by atoms with Crippen LogP contribution in [-0.2, 0) is 0 Å². The van der Waals surface area contributed by atoms with E-state index in [9.17, 15) is 8.22 Å². The van der Waals surface area contributed by atoms with Gasteiger partial charge in [0.05, 0.1) is 8.22 Å². The fraction of sp³-hybridized carbons (Fsp3) is 0. The molecule has 3 aromatic heterocycles. The van der Waals surface area contributed by atoms with E-state index in [1.54, 1.807) is 6.07 Å². The van der Waals surface area contributed by atoms with Crippen molar-refractivity contribution in [3.8, 4) is 67.5 Å². The predicted octanol–water partition coefficient (Wildman–Crippen LogP) is 14.1. The quantitative estimate of drug-likeness (QED) is 0.170. The van der Waals surface area contributed by atoms with Crippen LogP contribution in [-0.4, -0.2) is 15.0 Å². The number of nitrogens with zero attached hydrogens (tertiary/aromatic N) is 3. The second kappa shape index (κ2) is 13.3. The Morgan fingerprint density at radius 3 is 1.57 bits per heavy atom. The van der Waals surface area contributed by atoms with Crippen molar-refractivity contribution in [2.24, 2.45) is 0 Å². The van der Waals surface area contributed by atoms with Crippen LogP contribution in [0, 0.1) is 0 Å². The maximum Gasteiger partial charge on any atom is 0.164 e. The SMILES string of the molecule is [2H]c1c(-c2cccc3oc4ccccc4c23)c([2H])c2c(sc3c([2H])c(-c4nc(-c5ccc(-c6ccccc6)cc5)nc(-c5ccc(-c6ccccc6)cc5)n4)c([2H])c([2H])c32)c1[2H]. The van der Waals surface area contributed by atoms with Crippen LogP contribution < -0.4 is 0 Å². The largest absolute Gasteiger partial charge is 0.456 e. The third kappa shape index (κ3) is 5.65. The Kier molecular flexibility index (Phi) is 6.29. The minimum atomic E-state index is -0.283. The number of thiophene rings is 1. The molecule has 5 heteroatoms. The van der Waals surface area contributed by atoms with E-state index in [2.05, 4.69) is 0 Å². The number of fused-ring (bicyclic) bond motifs is 6. The van der Waals surface area contributed by atoms with Gasteiger partial charge in [-0.25, -0.2) is 15.0 Å². The van der Waals surface area contributed by atoms with Crippen LogP contribution in [0.15, 0.2) is 192 Å². The minimum Gasteiger partial charge on any atom is -0.456 e. The molecule has 262 valence electrons. The highest BCUT2D eigenvalue weighted by molar-refractivity contribution is 7.25. The lowest BCUT2D eigenvalue weighted by molar-refractivity contribution is 0.669. The summed E-state index contributed by atoms with van der Waals surface area (Å²) in [6, 6.07) is 48.0. The Hall–Kier alpha value is -7.21. The Morgan fingerprint density at radius 1 is 0.375 bits per heavy atom. The van der Waals surface area contributed by atoms with Gasteiger partial charge in [0.25, 0.3) is 0 Å². The lowest BCUT2D eigenvalue weighted by atomic mass is 9.98. The number of para-hydroxylation sites is 1. The number of furan rings is 1. The Labute approximate surface area is 335 Å². The van der Waals surface area contributed by atoms with Crippen LogP contribution in [0.4, 0.5) is 0 Å². The molecular weight excluding hydrogens is 703 g/mol. The molecule has 4 nitrogen and oxygen atoms in total. The van der Waals surface area contributed by atoms with Gasteiger partial charge in [0.2, 0.25) is 0 Å². The van der Waals surface area contributed by atoms with Crippen LogP contribution in [0.1, 0.15) is 8.22 Å². The highest BCUT2D eigenvalue weighted by Gasteiger charge is 2.17. The zero-order valence-electron chi connectivity index (χ0n) is 35.6. The minimum absolute atomic E-state index is 0.0415. The van der Waals surface area contributed by atoms with E-state index in [0.29, 0.717) is 48.9 Å². The van der Waals surface area contributed by atoms with Gasteiger partial charge in [-0.15, -0.1) is 11.3 Å². The zero-order chi connectivity index (χ0) is 42.2. The van der Waals surface area contributed by atoms with Crippen molar-refractivity contribution in [3.05, 3.63) is 188 Å². The van der Waals surface area contributed by atoms with E-state index >= 15 is 0 Å². The Balaban J connectivity index is 1.11. The molecule has 0 aliphatic heterocycles. The summed E-state index contributed by atoms with van der Waals surface area (Å²) >= 11 is 1.08. The van der Waals surface area contributed by atoms with Crippen LogP contribution in [0.2, 0.25) is 0 Å². The zero-order valence-corrected chi connectivity index (χ0v) is 30.4. The normalized spacial score (nSPS) is 13.1. The molecule has 0 N–H and O–H groups in total. The van der Waals surface area contributed by atoms with Gasteiger partial charge in [0.15, 0.2) is 17.5 Å². The highest BCUT2D eigenvalue weighted by Crippen LogP contribution is 2.41. The topological polar surface area (TPSA) is 51.8 Å². The van der Waals surface area contributed by atoms with Gasteiger partial charge in [0.1, 0.15) is 11.2 Å². The molecule has 0 saturated carbocycles. The van der Waals surface area contributed by atoms with Gasteiger partial charge in [-0.05, 0) is 63.6 Å². The molecule has 0 spiro atoms. The summed E-state index contributed by atoms with van der Waals surface area (Å²) in [5.41, 5.74) is 7.67. The van der Waals surface area contributed by atoms with Gasteiger partial charge in [0, 0.05) is 47.6 Å². The molecule has 0 atom stereocenters. The van der Waals surface area contributed by atoms with Crippen LogP contribution in [0.3, 0.4) is 0 Å². The summed E-state index contributed by atoms with van der Waals surface area (Å²) < 4.78 is 63.5. The molecule has 0 radical (unpaired) electrons. The monoisotopic (exact) mass is 739 g/mol. The van der Waals surface area contributed by atoms with E-state index < -0.39 is 0 Å². The van der Waals surface area contributed by atoms with Crippen molar-refractivity contribution in [2.45, 2.75) is 0 Å². The van der Waals surface area contributed by atoms with Crippen LogP contribution >= 0.6 is 11.3 Å². The maximum atomic E-state index is 9.66. The average Bonchev–Trinajstić information content (AvgIpc) is 3.92. The predicted molar refractivity (Wildman–Crippen MR) is 233 cm³/mol. The molecule has 0 bridgehead atoms. The first-order chi connectivity index (χ1) is 30.2. The second-order valence-electron chi connectivity index (χ2n) is 13.5.